The molecular weight excluding hydrogens is 452 g/mol. The Morgan fingerprint density at radius 1 is 1.09 bits per heavy atom. The minimum atomic E-state index is -0.446. The summed E-state index contributed by atoms with van der Waals surface area (Å²) in [6.07, 6.45) is 1.68. The number of carbonyl (C=O) groups excluding carboxylic acids is 1. The number of anilines is 2. The van der Waals surface area contributed by atoms with Crippen molar-refractivity contribution >= 4 is 45.6 Å². The summed E-state index contributed by atoms with van der Waals surface area (Å²) in [5.41, 5.74) is 1.67. The number of hydrogen-bond acceptors (Lipinski definition) is 9. The van der Waals surface area contributed by atoms with Gasteiger partial charge in [0, 0.05) is 29.8 Å². The topological polar surface area (TPSA) is 120 Å². The van der Waals surface area contributed by atoms with Crippen molar-refractivity contribution < 1.29 is 14.3 Å². The zero-order valence-electron chi connectivity index (χ0n) is 16.5. The van der Waals surface area contributed by atoms with E-state index in [1.54, 1.807) is 36.5 Å². The summed E-state index contributed by atoms with van der Waals surface area (Å²) in [5.74, 6) is 1.70. The fraction of sp³-hybridized carbons (Fsp3) is 0.150. The van der Waals surface area contributed by atoms with Crippen LogP contribution in [0, 0.1) is 0 Å². The third-order valence-corrected chi connectivity index (χ3v) is 6.40. The molecule has 3 aromatic heterocycles. The zero-order chi connectivity index (χ0) is 21.9. The highest BCUT2D eigenvalue weighted by Crippen LogP contribution is 2.33. The molecule has 0 radical (unpaired) electrons. The summed E-state index contributed by atoms with van der Waals surface area (Å²) < 4.78 is 13.1. The van der Waals surface area contributed by atoms with E-state index in [0.29, 0.717) is 57.0 Å². The van der Waals surface area contributed by atoms with Crippen LogP contribution in [-0.2, 0) is 5.75 Å². The number of thioether (sulfide) groups is 1. The van der Waals surface area contributed by atoms with Gasteiger partial charge in [0.05, 0.1) is 5.69 Å². The van der Waals surface area contributed by atoms with Crippen LogP contribution in [-0.4, -0.2) is 38.8 Å². The molecule has 1 aliphatic heterocycles. The molecule has 4 heterocycles. The second-order valence-corrected chi connectivity index (χ2v) is 8.81. The number of pyridine rings is 1. The summed E-state index contributed by atoms with van der Waals surface area (Å²) in [6, 6.07) is 11.6. The van der Waals surface area contributed by atoms with Crippen molar-refractivity contribution in [2.75, 3.05) is 23.8 Å². The number of benzene rings is 1. The molecule has 0 fully saturated rings. The van der Waals surface area contributed by atoms with E-state index in [4.69, 9.17) is 9.47 Å². The predicted octanol–water partition coefficient (Wildman–Crippen LogP) is 3.25. The van der Waals surface area contributed by atoms with Gasteiger partial charge in [0.15, 0.2) is 15.8 Å². The smallest absolute Gasteiger partial charge is 0.325 e. The molecule has 2 N–H and O–H groups in total. The Kier molecular flexibility index (Phi) is 5.60. The van der Waals surface area contributed by atoms with E-state index < -0.39 is 6.03 Å². The molecule has 10 nitrogen and oxygen atoms in total. The maximum atomic E-state index is 12.3. The first-order chi connectivity index (χ1) is 15.6. The van der Waals surface area contributed by atoms with Gasteiger partial charge in [-0.05, 0) is 24.3 Å². The highest BCUT2D eigenvalue weighted by molar-refractivity contribution is 8.00. The first-order valence-electron chi connectivity index (χ1n) is 9.55. The molecule has 162 valence electrons. The second-order valence-electron chi connectivity index (χ2n) is 6.61. The van der Waals surface area contributed by atoms with Crippen LogP contribution in [0.3, 0.4) is 0 Å². The van der Waals surface area contributed by atoms with Gasteiger partial charge in [-0.1, -0.05) is 29.2 Å². The molecule has 0 spiro atoms. The number of ether oxygens (including phenoxy) is 2. The lowest BCUT2D eigenvalue weighted by Crippen LogP contribution is -2.20. The van der Waals surface area contributed by atoms with Gasteiger partial charge in [-0.15, -0.1) is 10.2 Å². The summed E-state index contributed by atoms with van der Waals surface area (Å²) >= 11 is 2.62. The minimum Gasteiger partial charge on any atom is -0.486 e. The standard InChI is InChI=1S/C20H16N6O4S2/c27-17-10-13(21-16-3-1-2-6-26(16)17)11-31-20-25-24-19(32-20)23-18(28)22-12-4-5-14-15(9-12)30-8-7-29-14/h1-6,9-10H,7-8,11H2,(H2,22,23,24,28). The van der Waals surface area contributed by atoms with Gasteiger partial charge in [0.2, 0.25) is 5.13 Å². The lowest BCUT2D eigenvalue weighted by molar-refractivity contribution is 0.171. The number of nitrogens with one attached hydrogen (secondary N) is 2. The number of hydrogen-bond donors (Lipinski definition) is 2. The Hall–Kier alpha value is -3.64. The van der Waals surface area contributed by atoms with Gasteiger partial charge in [0.25, 0.3) is 5.56 Å². The van der Waals surface area contributed by atoms with Crippen molar-refractivity contribution in [3.8, 4) is 11.5 Å². The third-order valence-electron chi connectivity index (χ3n) is 4.39. The second kappa shape index (κ2) is 8.85. The number of amides is 2. The summed E-state index contributed by atoms with van der Waals surface area (Å²) in [5, 5.41) is 13.8. The number of fused-ring (bicyclic) bond motifs is 2. The number of aromatic nitrogens is 4. The molecule has 0 atom stereocenters. The number of urea groups is 1. The molecule has 0 unspecified atom stereocenters. The molecule has 2 amide bonds. The van der Waals surface area contributed by atoms with Crippen molar-refractivity contribution in [3.63, 3.8) is 0 Å². The minimum absolute atomic E-state index is 0.137. The van der Waals surface area contributed by atoms with Crippen molar-refractivity contribution in [2.24, 2.45) is 0 Å². The zero-order valence-corrected chi connectivity index (χ0v) is 18.1. The highest BCUT2D eigenvalue weighted by atomic mass is 32.2. The fourth-order valence-corrected chi connectivity index (χ4v) is 4.65. The van der Waals surface area contributed by atoms with Crippen molar-refractivity contribution in [3.05, 3.63) is 64.7 Å². The first-order valence-corrected chi connectivity index (χ1v) is 11.4. The van der Waals surface area contributed by atoms with Crippen LogP contribution in [0.2, 0.25) is 0 Å². The van der Waals surface area contributed by atoms with E-state index >= 15 is 0 Å². The van der Waals surface area contributed by atoms with Gasteiger partial charge in [-0.25, -0.2) is 9.78 Å². The number of rotatable bonds is 5. The molecule has 4 aromatic rings. The molecule has 1 aromatic carbocycles. The van der Waals surface area contributed by atoms with Crippen LogP contribution >= 0.6 is 23.1 Å². The van der Waals surface area contributed by atoms with E-state index in [1.165, 1.54) is 33.6 Å². The first kappa shape index (κ1) is 20.3. The normalized spacial score (nSPS) is 12.5. The van der Waals surface area contributed by atoms with Gasteiger partial charge < -0.3 is 14.8 Å². The summed E-state index contributed by atoms with van der Waals surface area (Å²) in [4.78, 5) is 29.0. The fourth-order valence-electron chi connectivity index (χ4n) is 3.01. The molecule has 32 heavy (non-hydrogen) atoms. The average molecular weight is 469 g/mol. The van der Waals surface area contributed by atoms with Crippen molar-refractivity contribution in [1.82, 2.24) is 19.6 Å². The quantitative estimate of drug-likeness (QED) is 0.338. The summed E-state index contributed by atoms with van der Waals surface area (Å²) in [6.45, 7) is 0.975. The Morgan fingerprint density at radius 2 is 1.97 bits per heavy atom. The molecule has 12 heteroatoms. The van der Waals surface area contributed by atoms with Crippen LogP contribution in [0.5, 0.6) is 11.5 Å². The third kappa shape index (κ3) is 4.50. The Balaban J connectivity index is 1.19. The monoisotopic (exact) mass is 468 g/mol. The van der Waals surface area contributed by atoms with Crippen LogP contribution in [0.15, 0.2) is 57.8 Å². The van der Waals surface area contributed by atoms with Gasteiger partial charge in [-0.3, -0.25) is 14.5 Å². The molecule has 0 saturated heterocycles. The summed E-state index contributed by atoms with van der Waals surface area (Å²) in [7, 11) is 0. The van der Waals surface area contributed by atoms with Crippen LogP contribution in [0.1, 0.15) is 5.69 Å². The van der Waals surface area contributed by atoms with Crippen molar-refractivity contribution in [2.45, 2.75) is 10.1 Å². The van der Waals surface area contributed by atoms with Gasteiger partial charge >= 0.3 is 6.03 Å². The molecule has 0 bridgehead atoms. The van der Waals surface area contributed by atoms with E-state index in [-0.39, 0.29) is 5.56 Å². The Bertz CT molecular complexity index is 1360. The molecule has 0 saturated carbocycles. The van der Waals surface area contributed by atoms with Crippen LogP contribution in [0.25, 0.3) is 5.65 Å². The molecule has 1 aliphatic rings. The molecule has 5 rings (SSSR count). The lowest BCUT2D eigenvalue weighted by atomic mass is 10.2. The maximum Gasteiger partial charge on any atom is 0.325 e. The number of carbonyl (C=O) groups is 1. The Morgan fingerprint density at radius 3 is 2.88 bits per heavy atom. The van der Waals surface area contributed by atoms with E-state index in [0.717, 1.165) is 0 Å². The molecule has 0 aliphatic carbocycles. The van der Waals surface area contributed by atoms with Crippen LogP contribution in [0.4, 0.5) is 15.6 Å². The largest absolute Gasteiger partial charge is 0.486 e. The molecular formula is C20H16N6O4S2. The number of nitrogens with zero attached hydrogens (tertiary/aromatic N) is 4. The van der Waals surface area contributed by atoms with Crippen molar-refractivity contribution in [1.29, 1.82) is 0 Å². The Labute approximate surface area is 189 Å². The lowest BCUT2D eigenvalue weighted by Gasteiger charge is -2.18. The maximum absolute atomic E-state index is 12.3. The van der Waals surface area contributed by atoms with E-state index in [9.17, 15) is 9.59 Å². The predicted molar refractivity (Wildman–Crippen MR) is 121 cm³/mol. The highest BCUT2D eigenvalue weighted by Gasteiger charge is 2.14. The SMILES string of the molecule is O=C(Nc1ccc2c(c1)OCCO2)Nc1nnc(SCc2cc(=O)n3ccccc3n2)s1. The van der Waals surface area contributed by atoms with Gasteiger partial charge in [0.1, 0.15) is 18.9 Å². The average Bonchev–Trinajstić information content (AvgIpc) is 3.25. The van der Waals surface area contributed by atoms with E-state index in [2.05, 4.69) is 25.8 Å². The van der Waals surface area contributed by atoms with Gasteiger partial charge in [-0.2, -0.15) is 0 Å². The van der Waals surface area contributed by atoms with E-state index in [1.807, 2.05) is 6.07 Å². The van der Waals surface area contributed by atoms with Crippen LogP contribution < -0.4 is 25.7 Å².